The SMILES string of the molecule is CC(C(=O)Nc1cccc2ccccc12)N1CCC(CCN2CCOCC2)CC1. The van der Waals surface area contributed by atoms with Gasteiger partial charge >= 0.3 is 0 Å². The van der Waals surface area contributed by atoms with Gasteiger partial charge in [-0.1, -0.05) is 36.4 Å². The molecule has 0 bridgehead atoms. The molecule has 5 heteroatoms. The Morgan fingerprint density at radius 2 is 1.79 bits per heavy atom. The Labute approximate surface area is 174 Å². The Kier molecular flexibility index (Phi) is 6.80. The minimum Gasteiger partial charge on any atom is -0.379 e. The molecular weight excluding hydrogens is 362 g/mol. The second-order valence-electron chi connectivity index (χ2n) is 8.41. The van der Waals surface area contributed by atoms with E-state index >= 15 is 0 Å². The summed E-state index contributed by atoms with van der Waals surface area (Å²) in [5, 5.41) is 5.41. The van der Waals surface area contributed by atoms with Crippen LogP contribution in [0.3, 0.4) is 0 Å². The van der Waals surface area contributed by atoms with Crippen molar-refractivity contribution in [3.05, 3.63) is 42.5 Å². The molecule has 2 aromatic rings. The molecule has 2 aliphatic heterocycles. The number of benzene rings is 2. The fraction of sp³-hybridized carbons (Fsp3) is 0.542. The van der Waals surface area contributed by atoms with Gasteiger partial charge in [-0.3, -0.25) is 14.6 Å². The van der Waals surface area contributed by atoms with E-state index in [9.17, 15) is 4.79 Å². The summed E-state index contributed by atoms with van der Waals surface area (Å²) in [6.45, 7) is 9.15. The van der Waals surface area contributed by atoms with Crippen LogP contribution in [0.5, 0.6) is 0 Å². The summed E-state index contributed by atoms with van der Waals surface area (Å²) in [7, 11) is 0. The molecule has 2 aromatic carbocycles. The highest BCUT2D eigenvalue weighted by Gasteiger charge is 2.27. The largest absolute Gasteiger partial charge is 0.379 e. The van der Waals surface area contributed by atoms with Gasteiger partial charge in [-0.15, -0.1) is 0 Å². The highest BCUT2D eigenvalue weighted by atomic mass is 16.5. The number of piperidine rings is 1. The number of morpholine rings is 1. The van der Waals surface area contributed by atoms with Crippen molar-refractivity contribution in [2.45, 2.75) is 32.2 Å². The van der Waals surface area contributed by atoms with Crippen LogP contribution in [0.1, 0.15) is 26.2 Å². The van der Waals surface area contributed by atoms with Crippen molar-refractivity contribution in [2.24, 2.45) is 5.92 Å². The number of carbonyl (C=O) groups is 1. The van der Waals surface area contributed by atoms with Crippen molar-refractivity contribution in [2.75, 3.05) is 51.3 Å². The van der Waals surface area contributed by atoms with Gasteiger partial charge in [0, 0.05) is 24.2 Å². The van der Waals surface area contributed by atoms with Crippen LogP contribution in [0.15, 0.2) is 42.5 Å². The molecule has 2 fully saturated rings. The standard InChI is InChI=1S/C24H33N3O2/c1-19(24(28)25-23-8-4-6-21-5-2-3-7-22(21)23)27-13-10-20(11-14-27)9-12-26-15-17-29-18-16-26/h2-8,19-20H,9-18H2,1H3,(H,25,28). The van der Waals surface area contributed by atoms with E-state index in [2.05, 4.69) is 33.3 Å². The molecule has 0 spiro atoms. The predicted molar refractivity (Wildman–Crippen MR) is 118 cm³/mol. The van der Waals surface area contributed by atoms with Gasteiger partial charge in [0.2, 0.25) is 5.91 Å². The number of hydrogen-bond donors (Lipinski definition) is 1. The molecule has 5 nitrogen and oxygen atoms in total. The summed E-state index contributed by atoms with van der Waals surface area (Å²) in [4.78, 5) is 17.8. The molecular formula is C24H33N3O2. The second kappa shape index (κ2) is 9.70. The first-order valence-corrected chi connectivity index (χ1v) is 11.0. The number of amides is 1. The number of hydrogen-bond acceptors (Lipinski definition) is 4. The number of rotatable bonds is 6. The zero-order valence-corrected chi connectivity index (χ0v) is 17.5. The van der Waals surface area contributed by atoms with E-state index in [1.54, 1.807) is 0 Å². The molecule has 2 saturated heterocycles. The van der Waals surface area contributed by atoms with Crippen LogP contribution in [-0.2, 0) is 9.53 Å². The van der Waals surface area contributed by atoms with Crippen LogP contribution in [0, 0.1) is 5.92 Å². The van der Waals surface area contributed by atoms with Gasteiger partial charge in [0.15, 0.2) is 0 Å². The minimum absolute atomic E-state index is 0.0909. The zero-order valence-electron chi connectivity index (χ0n) is 17.5. The number of likely N-dealkylation sites (tertiary alicyclic amines) is 1. The lowest BCUT2D eigenvalue weighted by atomic mass is 9.92. The summed E-state index contributed by atoms with van der Waals surface area (Å²) >= 11 is 0. The Morgan fingerprint density at radius 1 is 1.07 bits per heavy atom. The number of nitrogens with zero attached hydrogens (tertiary/aromatic N) is 2. The highest BCUT2D eigenvalue weighted by Crippen LogP contribution is 2.25. The van der Waals surface area contributed by atoms with Gasteiger partial charge in [-0.2, -0.15) is 0 Å². The molecule has 2 heterocycles. The number of carbonyl (C=O) groups excluding carboxylic acids is 1. The van der Waals surface area contributed by atoms with Crippen molar-refractivity contribution in [3.8, 4) is 0 Å². The van der Waals surface area contributed by atoms with Crippen LogP contribution in [0.25, 0.3) is 10.8 Å². The monoisotopic (exact) mass is 395 g/mol. The van der Waals surface area contributed by atoms with Gasteiger partial charge in [-0.05, 0) is 63.2 Å². The van der Waals surface area contributed by atoms with E-state index in [-0.39, 0.29) is 11.9 Å². The Balaban J connectivity index is 1.26. The zero-order chi connectivity index (χ0) is 20.1. The third kappa shape index (κ3) is 5.16. The molecule has 1 N–H and O–H groups in total. The van der Waals surface area contributed by atoms with Crippen LogP contribution < -0.4 is 5.32 Å². The van der Waals surface area contributed by atoms with Crippen molar-refractivity contribution in [1.82, 2.24) is 9.80 Å². The third-order valence-corrected chi connectivity index (χ3v) is 6.58. The lowest BCUT2D eigenvalue weighted by Gasteiger charge is -2.36. The first kappa shape index (κ1) is 20.3. The number of fused-ring (bicyclic) bond motifs is 1. The van der Waals surface area contributed by atoms with E-state index in [1.807, 2.05) is 31.2 Å². The summed E-state index contributed by atoms with van der Waals surface area (Å²) in [6.07, 6.45) is 3.65. The first-order valence-electron chi connectivity index (χ1n) is 11.0. The molecule has 156 valence electrons. The van der Waals surface area contributed by atoms with Gasteiger partial charge in [0.1, 0.15) is 0 Å². The predicted octanol–water partition coefficient (Wildman–Crippen LogP) is 3.60. The quantitative estimate of drug-likeness (QED) is 0.812. The number of ether oxygens (including phenoxy) is 1. The van der Waals surface area contributed by atoms with Gasteiger partial charge < -0.3 is 10.1 Å². The van der Waals surface area contributed by atoms with Crippen LogP contribution in [0.2, 0.25) is 0 Å². The van der Waals surface area contributed by atoms with Crippen molar-refractivity contribution >= 4 is 22.4 Å². The Bertz CT molecular complexity index is 805. The fourth-order valence-electron chi connectivity index (χ4n) is 4.56. The fourth-order valence-corrected chi connectivity index (χ4v) is 4.56. The maximum atomic E-state index is 12.9. The second-order valence-corrected chi connectivity index (χ2v) is 8.41. The summed E-state index contributed by atoms with van der Waals surface area (Å²) in [5.41, 5.74) is 0.903. The van der Waals surface area contributed by atoms with Gasteiger partial charge in [-0.25, -0.2) is 0 Å². The summed E-state index contributed by atoms with van der Waals surface area (Å²) in [5.74, 6) is 0.871. The van der Waals surface area contributed by atoms with Crippen LogP contribution >= 0.6 is 0 Å². The Hall–Kier alpha value is -1.95. The van der Waals surface area contributed by atoms with Crippen LogP contribution in [0.4, 0.5) is 5.69 Å². The molecule has 0 aromatic heterocycles. The molecule has 1 amide bonds. The molecule has 1 atom stereocenters. The van der Waals surface area contributed by atoms with E-state index in [0.29, 0.717) is 0 Å². The van der Waals surface area contributed by atoms with Crippen molar-refractivity contribution in [1.29, 1.82) is 0 Å². The van der Waals surface area contributed by atoms with E-state index < -0.39 is 0 Å². The van der Waals surface area contributed by atoms with E-state index in [1.165, 1.54) is 25.8 Å². The topological polar surface area (TPSA) is 44.8 Å². The van der Waals surface area contributed by atoms with E-state index in [4.69, 9.17) is 4.74 Å². The normalized spacial score (nSPS) is 20.6. The molecule has 1 unspecified atom stereocenters. The number of nitrogens with one attached hydrogen (secondary N) is 1. The van der Waals surface area contributed by atoms with E-state index in [0.717, 1.165) is 61.8 Å². The molecule has 4 rings (SSSR count). The van der Waals surface area contributed by atoms with Gasteiger partial charge in [0.25, 0.3) is 0 Å². The molecule has 29 heavy (non-hydrogen) atoms. The molecule has 0 aliphatic carbocycles. The lowest BCUT2D eigenvalue weighted by Crippen LogP contribution is -2.46. The maximum absolute atomic E-state index is 12.9. The number of anilines is 1. The highest BCUT2D eigenvalue weighted by molar-refractivity contribution is 6.03. The molecule has 0 radical (unpaired) electrons. The smallest absolute Gasteiger partial charge is 0.241 e. The average molecular weight is 396 g/mol. The molecule has 2 aliphatic rings. The summed E-state index contributed by atoms with van der Waals surface area (Å²) in [6, 6.07) is 14.2. The molecule has 0 saturated carbocycles. The maximum Gasteiger partial charge on any atom is 0.241 e. The van der Waals surface area contributed by atoms with Gasteiger partial charge in [0.05, 0.1) is 19.3 Å². The lowest BCUT2D eigenvalue weighted by molar-refractivity contribution is -0.121. The first-order chi connectivity index (χ1) is 14.2. The third-order valence-electron chi connectivity index (χ3n) is 6.58. The Morgan fingerprint density at radius 3 is 2.59 bits per heavy atom. The minimum atomic E-state index is -0.103. The van der Waals surface area contributed by atoms with Crippen molar-refractivity contribution in [3.63, 3.8) is 0 Å². The van der Waals surface area contributed by atoms with Crippen molar-refractivity contribution < 1.29 is 9.53 Å². The summed E-state index contributed by atoms with van der Waals surface area (Å²) < 4.78 is 5.43. The average Bonchev–Trinajstić information content (AvgIpc) is 2.78. The van der Waals surface area contributed by atoms with Crippen LogP contribution in [-0.4, -0.2) is 67.7 Å².